The molecule has 0 aliphatic carbocycles. The summed E-state index contributed by atoms with van der Waals surface area (Å²) in [5.74, 6) is -0.400. The Hall–Kier alpha value is -2.48. The largest absolute Gasteiger partial charge is 0.347 e. The highest BCUT2D eigenvalue weighted by Gasteiger charge is 2.39. The van der Waals surface area contributed by atoms with Crippen molar-refractivity contribution in [3.8, 4) is 5.69 Å². The van der Waals surface area contributed by atoms with Gasteiger partial charge in [-0.25, -0.2) is 4.68 Å². The zero-order valence-corrected chi connectivity index (χ0v) is 18.5. The average molecular weight is 423 g/mol. The van der Waals surface area contributed by atoms with Crippen LogP contribution < -0.4 is 5.56 Å². The molecule has 2 aliphatic heterocycles. The minimum Gasteiger partial charge on any atom is -0.347 e. The Morgan fingerprint density at radius 1 is 1.10 bits per heavy atom. The molecule has 4 heterocycles. The van der Waals surface area contributed by atoms with E-state index in [2.05, 4.69) is 30.7 Å². The van der Waals surface area contributed by atoms with Crippen molar-refractivity contribution in [1.29, 1.82) is 0 Å². The molecule has 164 valence electrons. The summed E-state index contributed by atoms with van der Waals surface area (Å²) in [6.07, 6.45) is 1.68. The van der Waals surface area contributed by atoms with Gasteiger partial charge in [-0.1, -0.05) is 39.0 Å². The molecule has 2 fully saturated rings. The molecule has 5 rings (SSSR count). The predicted octanol–water partition coefficient (Wildman–Crippen LogP) is 3.35. The van der Waals surface area contributed by atoms with Gasteiger partial charge in [0.25, 0.3) is 5.56 Å². The van der Waals surface area contributed by atoms with E-state index < -0.39 is 5.79 Å². The first kappa shape index (κ1) is 20.4. The molecule has 1 spiro atoms. The van der Waals surface area contributed by atoms with Gasteiger partial charge in [0.2, 0.25) is 0 Å². The minimum atomic E-state index is -0.400. The number of fused-ring (bicyclic) bond motifs is 1. The third-order valence-electron chi connectivity index (χ3n) is 6.30. The lowest BCUT2D eigenvalue weighted by molar-refractivity contribution is -0.185. The van der Waals surface area contributed by atoms with E-state index in [0.29, 0.717) is 19.8 Å². The summed E-state index contributed by atoms with van der Waals surface area (Å²) in [6, 6.07) is 12.0. The molecule has 0 radical (unpaired) electrons. The Morgan fingerprint density at radius 2 is 1.77 bits per heavy atom. The van der Waals surface area contributed by atoms with Crippen LogP contribution in [0.2, 0.25) is 0 Å². The maximum atomic E-state index is 13.0. The van der Waals surface area contributed by atoms with E-state index in [1.807, 2.05) is 41.1 Å². The van der Waals surface area contributed by atoms with Gasteiger partial charge >= 0.3 is 0 Å². The Balaban J connectivity index is 1.49. The Kier molecular flexibility index (Phi) is 5.00. The topological polar surface area (TPSA) is 72.4 Å². The molecule has 31 heavy (non-hydrogen) atoms. The van der Waals surface area contributed by atoms with E-state index in [0.717, 1.165) is 53.9 Å². The molecule has 2 saturated heterocycles. The summed E-state index contributed by atoms with van der Waals surface area (Å²) in [5.41, 5.74) is 3.23. The lowest BCUT2D eigenvalue weighted by Gasteiger charge is -2.37. The molecule has 7 heteroatoms. The highest BCUT2D eigenvalue weighted by molar-refractivity contribution is 5.81. The fourth-order valence-electron chi connectivity index (χ4n) is 4.62. The van der Waals surface area contributed by atoms with Gasteiger partial charge < -0.3 is 14.5 Å². The Morgan fingerprint density at radius 3 is 2.42 bits per heavy atom. The fraction of sp³-hybridized carbons (Fsp3) is 0.500. The number of piperidine rings is 1. The minimum absolute atomic E-state index is 0.0568. The summed E-state index contributed by atoms with van der Waals surface area (Å²) in [4.78, 5) is 18.5. The molecule has 1 aromatic carbocycles. The highest BCUT2D eigenvalue weighted by atomic mass is 16.7. The zero-order chi connectivity index (χ0) is 21.6. The summed E-state index contributed by atoms with van der Waals surface area (Å²) in [6.45, 7) is 10.1. The monoisotopic (exact) mass is 422 g/mol. The third-order valence-corrected chi connectivity index (χ3v) is 6.30. The number of likely N-dealkylation sites (tertiary alicyclic amines) is 1. The van der Waals surface area contributed by atoms with E-state index in [9.17, 15) is 4.79 Å². The van der Waals surface area contributed by atoms with E-state index in [-0.39, 0.29) is 11.0 Å². The van der Waals surface area contributed by atoms with Crippen molar-refractivity contribution >= 4 is 11.0 Å². The van der Waals surface area contributed by atoms with Gasteiger partial charge in [0.15, 0.2) is 5.79 Å². The van der Waals surface area contributed by atoms with Crippen LogP contribution in [0.1, 0.15) is 44.9 Å². The summed E-state index contributed by atoms with van der Waals surface area (Å²) in [7, 11) is 0. The van der Waals surface area contributed by atoms with E-state index in [1.54, 1.807) is 0 Å². The first-order chi connectivity index (χ1) is 14.8. The van der Waals surface area contributed by atoms with Crippen molar-refractivity contribution in [3.05, 3.63) is 58.0 Å². The van der Waals surface area contributed by atoms with Gasteiger partial charge in [-0.15, -0.1) is 0 Å². The number of benzene rings is 1. The number of nitrogens with one attached hydrogen (secondary N) is 1. The van der Waals surface area contributed by atoms with E-state index in [1.165, 1.54) is 0 Å². The molecule has 0 unspecified atom stereocenters. The lowest BCUT2D eigenvalue weighted by Crippen LogP contribution is -2.45. The molecule has 0 amide bonds. The van der Waals surface area contributed by atoms with Gasteiger partial charge in [-0.2, -0.15) is 5.10 Å². The Labute approximate surface area is 182 Å². The molecule has 2 aromatic heterocycles. The molecular formula is C24H30N4O3. The summed E-state index contributed by atoms with van der Waals surface area (Å²) >= 11 is 0. The fourth-order valence-corrected chi connectivity index (χ4v) is 4.62. The number of aromatic nitrogens is 3. The SMILES string of the molecule is CC(C)(C)c1nn(-c2ccccc2)c2[nH]c(=O)c(CN3CCC4(CC3)OCCO4)cc12. The van der Waals surface area contributed by atoms with Crippen molar-refractivity contribution in [3.63, 3.8) is 0 Å². The average Bonchev–Trinajstić information content (AvgIpc) is 3.35. The van der Waals surface area contributed by atoms with Crippen LogP contribution >= 0.6 is 0 Å². The lowest BCUT2D eigenvalue weighted by atomic mass is 9.90. The number of aromatic amines is 1. The van der Waals surface area contributed by atoms with Crippen molar-refractivity contribution in [1.82, 2.24) is 19.7 Å². The summed E-state index contributed by atoms with van der Waals surface area (Å²) < 4.78 is 13.5. The number of hydrogen-bond acceptors (Lipinski definition) is 5. The first-order valence-corrected chi connectivity index (χ1v) is 11.1. The van der Waals surface area contributed by atoms with Crippen molar-refractivity contribution in [2.24, 2.45) is 0 Å². The van der Waals surface area contributed by atoms with Crippen molar-refractivity contribution in [2.75, 3.05) is 26.3 Å². The van der Waals surface area contributed by atoms with Crippen molar-refractivity contribution in [2.45, 2.75) is 51.4 Å². The molecule has 0 bridgehead atoms. The molecule has 0 atom stereocenters. The third kappa shape index (κ3) is 3.82. The molecule has 3 aromatic rings. The molecule has 2 aliphatic rings. The van der Waals surface area contributed by atoms with Crippen molar-refractivity contribution < 1.29 is 9.47 Å². The number of nitrogens with zero attached hydrogens (tertiary/aromatic N) is 3. The van der Waals surface area contributed by atoms with Gasteiger partial charge in [0.1, 0.15) is 5.65 Å². The number of para-hydroxylation sites is 1. The van der Waals surface area contributed by atoms with Crippen LogP contribution in [-0.4, -0.2) is 51.8 Å². The van der Waals surface area contributed by atoms with Gasteiger partial charge in [0.05, 0.1) is 24.6 Å². The van der Waals surface area contributed by atoms with Crippen LogP contribution in [0.5, 0.6) is 0 Å². The summed E-state index contributed by atoms with van der Waals surface area (Å²) in [5, 5.41) is 5.91. The van der Waals surface area contributed by atoms with Gasteiger partial charge in [-0.3, -0.25) is 9.69 Å². The number of pyridine rings is 1. The smallest absolute Gasteiger partial charge is 0.254 e. The standard InChI is InChI=1S/C24H30N4O3/c1-23(2,3)20-19-15-17(16-27-11-9-24(10-12-27)30-13-14-31-24)22(29)25-21(19)28(26-20)18-7-5-4-6-8-18/h4-8,15H,9-14,16H2,1-3H3,(H,25,29). The second-order valence-corrected chi connectivity index (χ2v) is 9.62. The van der Waals surface area contributed by atoms with Gasteiger partial charge in [0, 0.05) is 48.8 Å². The number of rotatable bonds is 3. The number of hydrogen-bond donors (Lipinski definition) is 1. The molecule has 7 nitrogen and oxygen atoms in total. The first-order valence-electron chi connectivity index (χ1n) is 11.1. The predicted molar refractivity (Wildman–Crippen MR) is 120 cm³/mol. The van der Waals surface area contributed by atoms with Crippen LogP contribution in [0.3, 0.4) is 0 Å². The van der Waals surface area contributed by atoms with Gasteiger partial charge in [-0.05, 0) is 18.2 Å². The van der Waals surface area contributed by atoms with Crippen LogP contribution in [0.15, 0.2) is 41.2 Å². The highest BCUT2D eigenvalue weighted by Crippen LogP contribution is 2.33. The van der Waals surface area contributed by atoms with E-state index >= 15 is 0 Å². The quantitative estimate of drug-likeness (QED) is 0.701. The number of ether oxygens (including phenoxy) is 2. The molecule has 0 saturated carbocycles. The molecular weight excluding hydrogens is 392 g/mol. The second kappa shape index (κ2) is 7.58. The number of H-pyrrole nitrogens is 1. The van der Waals surface area contributed by atoms with Crippen LogP contribution in [0, 0.1) is 0 Å². The maximum Gasteiger partial charge on any atom is 0.254 e. The van der Waals surface area contributed by atoms with Crippen LogP contribution in [-0.2, 0) is 21.4 Å². The van der Waals surface area contributed by atoms with Crippen LogP contribution in [0.4, 0.5) is 0 Å². The normalized spacial score (nSPS) is 19.5. The van der Waals surface area contributed by atoms with Crippen LogP contribution in [0.25, 0.3) is 16.7 Å². The Bertz CT molecular complexity index is 1130. The zero-order valence-electron chi connectivity index (χ0n) is 18.5. The maximum absolute atomic E-state index is 13.0. The van der Waals surface area contributed by atoms with E-state index in [4.69, 9.17) is 14.6 Å². The second-order valence-electron chi connectivity index (χ2n) is 9.62. The molecule has 1 N–H and O–H groups in total.